The minimum atomic E-state index is -1.65. The highest BCUT2D eigenvalue weighted by Gasteiger charge is 2.26. The number of terminal acetylenes is 1. The third kappa shape index (κ3) is 3.87. The Hall–Kier alpha value is -2.25. The van der Waals surface area contributed by atoms with Gasteiger partial charge in [-0.3, -0.25) is 5.32 Å². The number of carbonyl (C=O) groups is 1. The summed E-state index contributed by atoms with van der Waals surface area (Å²) in [6.45, 7) is 8.81. The van der Waals surface area contributed by atoms with Crippen LogP contribution in [0.2, 0.25) is 0 Å². The number of amides is 1. The van der Waals surface area contributed by atoms with Crippen LogP contribution < -0.4 is 5.32 Å². The zero-order valence-electron chi connectivity index (χ0n) is 11.9. The molecule has 0 aliphatic rings. The number of aliphatic hydroxyl groups is 1. The standard InChI is InChI=1S/C16H19NO3/c1-6-16(19,7-2)12-10-8-9-11-13(12)17-14(18)20-15(3,4)5/h1,7-11,19H,2H2,3-5H3,(H,17,18). The van der Waals surface area contributed by atoms with Gasteiger partial charge in [0.1, 0.15) is 5.60 Å². The molecular formula is C16H19NO3. The van der Waals surface area contributed by atoms with Crippen LogP contribution in [-0.4, -0.2) is 16.8 Å². The molecule has 0 aliphatic heterocycles. The maximum Gasteiger partial charge on any atom is 0.412 e. The number of carbonyl (C=O) groups excluding carboxylic acids is 1. The van der Waals surface area contributed by atoms with Gasteiger partial charge >= 0.3 is 6.09 Å². The van der Waals surface area contributed by atoms with Crippen LogP contribution in [0.3, 0.4) is 0 Å². The first-order valence-corrected chi connectivity index (χ1v) is 6.15. The van der Waals surface area contributed by atoms with Gasteiger partial charge < -0.3 is 9.84 Å². The highest BCUT2D eigenvalue weighted by Crippen LogP contribution is 2.29. The zero-order chi connectivity index (χ0) is 15.4. The molecule has 0 fully saturated rings. The van der Waals surface area contributed by atoms with Crippen molar-refractivity contribution in [2.75, 3.05) is 5.32 Å². The third-order valence-electron chi connectivity index (χ3n) is 2.49. The van der Waals surface area contributed by atoms with Crippen molar-refractivity contribution in [3.8, 4) is 12.3 Å². The Morgan fingerprint density at radius 1 is 1.45 bits per heavy atom. The lowest BCUT2D eigenvalue weighted by Crippen LogP contribution is -2.29. The van der Waals surface area contributed by atoms with Crippen molar-refractivity contribution >= 4 is 11.8 Å². The lowest BCUT2D eigenvalue weighted by Gasteiger charge is -2.23. The number of nitrogens with one attached hydrogen (secondary N) is 1. The Morgan fingerprint density at radius 3 is 2.55 bits per heavy atom. The van der Waals surface area contributed by atoms with E-state index in [0.717, 1.165) is 0 Å². The Kier molecular flexibility index (Phi) is 4.59. The molecule has 0 spiro atoms. The summed E-state index contributed by atoms with van der Waals surface area (Å²) in [6.07, 6.45) is 5.96. The van der Waals surface area contributed by atoms with Crippen LogP contribution in [-0.2, 0) is 10.3 Å². The van der Waals surface area contributed by atoms with Crippen LogP contribution >= 0.6 is 0 Å². The first-order valence-electron chi connectivity index (χ1n) is 6.15. The molecule has 0 aliphatic carbocycles. The maximum absolute atomic E-state index is 11.8. The predicted molar refractivity (Wildman–Crippen MR) is 79.2 cm³/mol. The topological polar surface area (TPSA) is 58.6 Å². The fourth-order valence-electron chi connectivity index (χ4n) is 1.58. The normalized spacial score (nSPS) is 13.8. The van der Waals surface area contributed by atoms with Crippen molar-refractivity contribution in [3.63, 3.8) is 0 Å². The van der Waals surface area contributed by atoms with E-state index < -0.39 is 17.3 Å². The van der Waals surface area contributed by atoms with E-state index in [1.54, 1.807) is 45.0 Å². The second-order valence-electron chi connectivity index (χ2n) is 5.29. The lowest BCUT2D eigenvalue weighted by molar-refractivity contribution is 0.0635. The summed E-state index contributed by atoms with van der Waals surface area (Å²) in [5.41, 5.74) is -1.52. The molecule has 1 aromatic carbocycles. The summed E-state index contributed by atoms with van der Waals surface area (Å²) < 4.78 is 5.17. The van der Waals surface area contributed by atoms with E-state index in [-0.39, 0.29) is 0 Å². The average Bonchev–Trinajstić information content (AvgIpc) is 2.36. The molecule has 20 heavy (non-hydrogen) atoms. The molecule has 1 unspecified atom stereocenters. The molecule has 1 rings (SSSR count). The van der Waals surface area contributed by atoms with Gasteiger partial charge in [-0.1, -0.05) is 30.7 Å². The summed E-state index contributed by atoms with van der Waals surface area (Å²) in [4.78, 5) is 11.8. The van der Waals surface area contributed by atoms with Crippen molar-refractivity contribution in [2.24, 2.45) is 0 Å². The highest BCUT2D eigenvalue weighted by molar-refractivity contribution is 5.86. The van der Waals surface area contributed by atoms with Gasteiger partial charge in [-0.15, -0.1) is 6.42 Å². The molecule has 0 radical (unpaired) electrons. The maximum atomic E-state index is 11.8. The minimum Gasteiger partial charge on any atom is -0.444 e. The number of hydrogen-bond acceptors (Lipinski definition) is 3. The van der Waals surface area contributed by atoms with Crippen LogP contribution in [0.25, 0.3) is 0 Å². The van der Waals surface area contributed by atoms with Gasteiger partial charge in [0, 0.05) is 5.56 Å². The van der Waals surface area contributed by atoms with Crippen molar-refractivity contribution in [3.05, 3.63) is 42.5 Å². The van der Waals surface area contributed by atoms with E-state index in [0.29, 0.717) is 11.3 Å². The van der Waals surface area contributed by atoms with Gasteiger partial charge in [-0.2, -0.15) is 0 Å². The number of hydrogen-bond donors (Lipinski definition) is 2. The number of benzene rings is 1. The molecule has 0 saturated carbocycles. The molecule has 0 saturated heterocycles. The lowest BCUT2D eigenvalue weighted by atomic mass is 9.93. The van der Waals surface area contributed by atoms with Crippen LogP contribution in [0.15, 0.2) is 36.9 Å². The van der Waals surface area contributed by atoms with Gasteiger partial charge in [0.05, 0.1) is 5.69 Å². The molecule has 4 heteroatoms. The van der Waals surface area contributed by atoms with Crippen LogP contribution in [0.4, 0.5) is 10.5 Å². The van der Waals surface area contributed by atoms with Crippen molar-refractivity contribution in [1.82, 2.24) is 0 Å². The SMILES string of the molecule is C#CC(O)(C=C)c1ccccc1NC(=O)OC(C)(C)C. The summed E-state index contributed by atoms with van der Waals surface area (Å²) in [5.74, 6) is 2.25. The van der Waals surface area contributed by atoms with Crippen molar-refractivity contribution in [2.45, 2.75) is 32.0 Å². The second kappa shape index (κ2) is 5.81. The summed E-state index contributed by atoms with van der Waals surface area (Å²) in [5, 5.41) is 12.9. The summed E-state index contributed by atoms with van der Waals surface area (Å²) in [6, 6.07) is 6.68. The Labute approximate surface area is 119 Å². The number of rotatable bonds is 3. The molecule has 4 nitrogen and oxygen atoms in total. The highest BCUT2D eigenvalue weighted by atomic mass is 16.6. The minimum absolute atomic E-state index is 0.364. The smallest absolute Gasteiger partial charge is 0.412 e. The average molecular weight is 273 g/mol. The molecule has 2 N–H and O–H groups in total. The van der Waals surface area contributed by atoms with E-state index in [1.807, 2.05) is 0 Å². The predicted octanol–water partition coefficient (Wildman–Crippen LogP) is 3.04. The van der Waals surface area contributed by atoms with E-state index in [2.05, 4.69) is 17.8 Å². The molecule has 0 aromatic heterocycles. The molecule has 1 amide bonds. The van der Waals surface area contributed by atoms with Gasteiger partial charge in [0.25, 0.3) is 0 Å². The Bertz CT molecular complexity index is 552. The number of anilines is 1. The molecule has 1 atom stereocenters. The largest absolute Gasteiger partial charge is 0.444 e. The van der Waals surface area contributed by atoms with Gasteiger partial charge in [-0.05, 0) is 32.9 Å². The van der Waals surface area contributed by atoms with Gasteiger partial charge in [0.15, 0.2) is 5.60 Å². The number of ether oxygens (including phenoxy) is 1. The molecule has 1 aromatic rings. The Balaban J connectivity index is 3.07. The molecule has 0 bridgehead atoms. The number of para-hydroxylation sites is 1. The van der Waals surface area contributed by atoms with E-state index in [4.69, 9.17) is 11.2 Å². The second-order valence-corrected chi connectivity index (χ2v) is 5.29. The van der Waals surface area contributed by atoms with E-state index in [9.17, 15) is 9.90 Å². The van der Waals surface area contributed by atoms with Gasteiger partial charge in [-0.25, -0.2) is 4.79 Å². The fraction of sp³-hybridized carbons (Fsp3) is 0.312. The summed E-state index contributed by atoms with van der Waals surface area (Å²) >= 11 is 0. The first-order chi connectivity index (χ1) is 9.22. The third-order valence-corrected chi connectivity index (χ3v) is 2.49. The molecule has 0 heterocycles. The summed E-state index contributed by atoms with van der Waals surface area (Å²) in [7, 11) is 0. The first kappa shape index (κ1) is 15.8. The van der Waals surface area contributed by atoms with E-state index >= 15 is 0 Å². The van der Waals surface area contributed by atoms with Crippen LogP contribution in [0, 0.1) is 12.3 Å². The molecule has 106 valence electrons. The monoisotopic (exact) mass is 273 g/mol. The fourth-order valence-corrected chi connectivity index (χ4v) is 1.58. The Morgan fingerprint density at radius 2 is 2.05 bits per heavy atom. The zero-order valence-corrected chi connectivity index (χ0v) is 11.9. The molecular weight excluding hydrogens is 254 g/mol. The van der Waals surface area contributed by atoms with Crippen molar-refractivity contribution < 1.29 is 14.6 Å². The van der Waals surface area contributed by atoms with Crippen LogP contribution in [0.5, 0.6) is 0 Å². The quantitative estimate of drug-likeness (QED) is 0.657. The van der Waals surface area contributed by atoms with E-state index in [1.165, 1.54) is 6.08 Å². The van der Waals surface area contributed by atoms with Crippen molar-refractivity contribution in [1.29, 1.82) is 0 Å². The van der Waals surface area contributed by atoms with Crippen LogP contribution in [0.1, 0.15) is 26.3 Å². The van der Waals surface area contributed by atoms with Gasteiger partial charge in [0.2, 0.25) is 0 Å².